The SMILES string of the molecule is CCCCN(CC)CCC(NCCC)C(=O)OC. The number of esters is 1. The van der Waals surface area contributed by atoms with Crippen LogP contribution in [0.2, 0.25) is 0 Å². The van der Waals surface area contributed by atoms with Crippen LogP contribution in [-0.4, -0.2) is 50.2 Å². The van der Waals surface area contributed by atoms with Crippen molar-refractivity contribution in [2.45, 2.75) is 52.5 Å². The number of unbranched alkanes of at least 4 members (excludes halogenated alkanes) is 1. The number of nitrogens with one attached hydrogen (secondary N) is 1. The lowest BCUT2D eigenvalue weighted by molar-refractivity contribution is -0.143. The molecule has 1 N–H and O–H groups in total. The molecule has 0 fully saturated rings. The highest BCUT2D eigenvalue weighted by atomic mass is 16.5. The molecule has 0 aromatic heterocycles. The molecule has 0 rings (SSSR count). The van der Waals surface area contributed by atoms with Gasteiger partial charge in [-0.15, -0.1) is 0 Å². The molecule has 0 aromatic carbocycles. The van der Waals surface area contributed by atoms with Crippen LogP contribution in [-0.2, 0) is 9.53 Å². The van der Waals surface area contributed by atoms with Gasteiger partial charge in [-0.05, 0) is 38.9 Å². The molecule has 1 atom stereocenters. The van der Waals surface area contributed by atoms with Gasteiger partial charge in [-0.1, -0.05) is 27.2 Å². The molecule has 4 nitrogen and oxygen atoms in total. The van der Waals surface area contributed by atoms with E-state index in [-0.39, 0.29) is 12.0 Å². The molecule has 0 aliphatic rings. The number of carbonyl (C=O) groups excluding carboxylic acids is 1. The second-order valence-electron chi connectivity index (χ2n) is 4.61. The molecule has 18 heavy (non-hydrogen) atoms. The number of methoxy groups -OCH3 is 1. The second-order valence-corrected chi connectivity index (χ2v) is 4.61. The minimum atomic E-state index is -0.161. The summed E-state index contributed by atoms with van der Waals surface area (Å²) in [6, 6.07) is -0.161. The van der Waals surface area contributed by atoms with Gasteiger partial charge < -0.3 is 15.0 Å². The van der Waals surface area contributed by atoms with Gasteiger partial charge in [-0.2, -0.15) is 0 Å². The fourth-order valence-corrected chi connectivity index (χ4v) is 1.89. The van der Waals surface area contributed by atoms with E-state index in [4.69, 9.17) is 4.74 Å². The standard InChI is InChI=1S/C14H30N2O2/c1-5-8-11-16(7-3)12-9-13(14(17)18-4)15-10-6-2/h13,15H,5-12H2,1-4H3. The van der Waals surface area contributed by atoms with Gasteiger partial charge in [0.15, 0.2) is 0 Å². The van der Waals surface area contributed by atoms with Crippen molar-refractivity contribution in [1.29, 1.82) is 0 Å². The topological polar surface area (TPSA) is 41.6 Å². The molecular weight excluding hydrogens is 228 g/mol. The molecule has 0 amide bonds. The summed E-state index contributed by atoms with van der Waals surface area (Å²) >= 11 is 0. The van der Waals surface area contributed by atoms with E-state index < -0.39 is 0 Å². The van der Waals surface area contributed by atoms with Crippen molar-refractivity contribution in [2.24, 2.45) is 0 Å². The average molecular weight is 258 g/mol. The van der Waals surface area contributed by atoms with Crippen molar-refractivity contribution < 1.29 is 9.53 Å². The molecule has 0 aliphatic heterocycles. The van der Waals surface area contributed by atoms with E-state index in [1.807, 2.05) is 0 Å². The third kappa shape index (κ3) is 7.67. The first kappa shape index (κ1) is 17.4. The Morgan fingerprint density at radius 2 is 1.94 bits per heavy atom. The molecule has 0 saturated carbocycles. The van der Waals surface area contributed by atoms with Crippen molar-refractivity contribution in [2.75, 3.05) is 33.3 Å². The Hall–Kier alpha value is -0.610. The van der Waals surface area contributed by atoms with Crippen LogP contribution in [0.25, 0.3) is 0 Å². The molecule has 0 aromatic rings. The van der Waals surface area contributed by atoms with Gasteiger partial charge in [0.1, 0.15) is 6.04 Å². The Labute approximate surface area is 112 Å². The van der Waals surface area contributed by atoms with E-state index in [2.05, 4.69) is 31.0 Å². The number of nitrogens with zero attached hydrogens (tertiary/aromatic N) is 1. The highest BCUT2D eigenvalue weighted by Gasteiger charge is 2.18. The monoisotopic (exact) mass is 258 g/mol. The maximum atomic E-state index is 11.6. The average Bonchev–Trinajstić information content (AvgIpc) is 2.41. The summed E-state index contributed by atoms with van der Waals surface area (Å²) in [7, 11) is 1.46. The zero-order chi connectivity index (χ0) is 13.8. The number of rotatable bonds is 11. The van der Waals surface area contributed by atoms with E-state index in [1.54, 1.807) is 0 Å². The van der Waals surface area contributed by atoms with Gasteiger partial charge in [-0.3, -0.25) is 4.79 Å². The molecular formula is C14H30N2O2. The van der Waals surface area contributed by atoms with Gasteiger partial charge in [0.2, 0.25) is 0 Å². The zero-order valence-corrected chi connectivity index (χ0v) is 12.5. The second kappa shape index (κ2) is 11.5. The maximum absolute atomic E-state index is 11.6. The summed E-state index contributed by atoms with van der Waals surface area (Å²) < 4.78 is 4.84. The van der Waals surface area contributed by atoms with Gasteiger partial charge >= 0.3 is 5.97 Å². The lowest BCUT2D eigenvalue weighted by Crippen LogP contribution is -2.41. The molecule has 0 radical (unpaired) electrons. The molecule has 4 heteroatoms. The Kier molecular flexibility index (Phi) is 11.1. The van der Waals surface area contributed by atoms with Crippen LogP contribution in [0.3, 0.4) is 0 Å². The van der Waals surface area contributed by atoms with Crippen LogP contribution >= 0.6 is 0 Å². The van der Waals surface area contributed by atoms with Crippen LogP contribution in [0.15, 0.2) is 0 Å². The summed E-state index contributed by atoms with van der Waals surface area (Å²) in [5, 5.41) is 3.25. The highest BCUT2D eigenvalue weighted by Crippen LogP contribution is 2.01. The Morgan fingerprint density at radius 3 is 2.44 bits per heavy atom. The largest absolute Gasteiger partial charge is 0.468 e. The van der Waals surface area contributed by atoms with E-state index in [0.29, 0.717) is 0 Å². The number of hydrogen-bond donors (Lipinski definition) is 1. The lowest BCUT2D eigenvalue weighted by Gasteiger charge is -2.23. The summed E-state index contributed by atoms with van der Waals surface area (Å²) in [6.07, 6.45) is 4.29. The molecule has 1 unspecified atom stereocenters. The van der Waals surface area contributed by atoms with Crippen molar-refractivity contribution in [3.8, 4) is 0 Å². The smallest absolute Gasteiger partial charge is 0.322 e. The fourth-order valence-electron chi connectivity index (χ4n) is 1.89. The molecule has 0 aliphatic carbocycles. The Morgan fingerprint density at radius 1 is 1.22 bits per heavy atom. The van der Waals surface area contributed by atoms with E-state index in [1.165, 1.54) is 20.0 Å². The fraction of sp³-hybridized carbons (Fsp3) is 0.929. The third-order valence-electron chi connectivity index (χ3n) is 3.14. The Balaban J connectivity index is 4.08. The molecule has 0 bridgehead atoms. The van der Waals surface area contributed by atoms with Crippen molar-refractivity contribution in [1.82, 2.24) is 10.2 Å². The molecule has 0 saturated heterocycles. The predicted molar refractivity (Wildman–Crippen MR) is 75.7 cm³/mol. The van der Waals surface area contributed by atoms with Gasteiger partial charge in [0, 0.05) is 6.54 Å². The van der Waals surface area contributed by atoms with E-state index in [0.717, 1.165) is 39.0 Å². The lowest BCUT2D eigenvalue weighted by atomic mass is 10.2. The van der Waals surface area contributed by atoms with Crippen LogP contribution < -0.4 is 5.32 Å². The molecule has 108 valence electrons. The first-order chi connectivity index (χ1) is 8.69. The highest BCUT2D eigenvalue weighted by molar-refractivity contribution is 5.75. The summed E-state index contributed by atoms with van der Waals surface area (Å²) in [5.41, 5.74) is 0. The van der Waals surface area contributed by atoms with E-state index >= 15 is 0 Å². The first-order valence-electron chi connectivity index (χ1n) is 7.23. The van der Waals surface area contributed by atoms with E-state index in [9.17, 15) is 4.79 Å². The number of carbonyl (C=O) groups is 1. The third-order valence-corrected chi connectivity index (χ3v) is 3.14. The summed E-state index contributed by atoms with van der Waals surface area (Å²) in [4.78, 5) is 14.0. The van der Waals surface area contributed by atoms with Gasteiger partial charge in [0.05, 0.1) is 7.11 Å². The van der Waals surface area contributed by atoms with Gasteiger partial charge in [-0.25, -0.2) is 0 Å². The number of ether oxygens (including phenoxy) is 1. The first-order valence-corrected chi connectivity index (χ1v) is 7.23. The number of hydrogen-bond acceptors (Lipinski definition) is 4. The Bertz CT molecular complexity index is 210. The van der Waals surface area contributed by atoms with Crippen molar-refractivity contribution in [3.05, 3.63) is 0 Å². The van der Waals surface area contributed by atoms with Crippen molar-refractivity contribution >= 4 is 5.97 Å². The minimum absolute atomic E-state index is 0.144. The minimum Gasteiger partial charge on any atom is -0.468 e. The van der Waals surface area contributed by atoms with Crippen LogP contribution in [0.1, 0.15) is 46.5 Å². The maximum Gasteiger partial charge on any atom is 0.322 e. The van der Waals surface area contributed by atoms with Crippen molar-refractivity contribution in [3.63, 3.8) is 0 Å². The summed E-state index contributed by atoms with van der Waals surface area (Å²) in [6.45, 7) is 10.4. The molecule has 0 heterocycles. The van der Waals surface area contributed by atoms with Gasteiger partial charge in [0.25, 0.3) is 0 Å². The quantitative estimate of drug-likeness (QED) is 0.576. The van der Waals surface area contributed by atoms with Crippen LogP contribution in [0.5, 0.6) is 0 Å². The zero-order valence-electron chi connectivity index (χ0n) is 12.5. The van der Waals surface area contributed by atoms with Crippen LogP contribution in [0, 0.1) is 0 Å². The van der Waals surface area contributed by atoms with Crippen LogP contribution in [0.4, 0.5) is 0 Å². The summed E-state index contributed by atoms with van der Waals surface area (Å²) in [5.74, 6) is -0.144. The normalized spacial score (nSPS) is 12.7. The predicted octanol–water partition coefficient (Wildman–Crippen LogP) is 2.04. The molecule has 0 spiro atoms.